The van der Waals surface area contributed by atoms with Gasteiger partial charge in [-0.05, 0) is 50.2 Å². The average Bonchev–Trinajstić information content (AvgIpc) is 3.39. The van der Waals surface area contributed by atoms with E-state index in [1.54, 1.807) is 13.8 Å². The predicted octanol–water partition coefficient (Wildman–Crippen LogP) is 2.95. The lowest BCUT2D eigenvalue weighted by atomic mass is 9.90. The van der Waals surface area contributed by atoms with Crippen molar-refractivity contribution in [3.05, 3.63) is 35.4 Å². The van der Waals surface area contributed by atoms with E-state index in [4.69, 9.17) is 9.47 Å². The number of nitrogens with zero attached hydrogens (tertiary/aromatic N) is 1. The molecule has 0 bridgehead atoms. The number of aliphatic hydroxyl groups is 1. The Bertz CT molecular complexity index is 685. The highest BCUT2D eigenvalue weighted by Crippen LogP contribution is 2.37. The maximum atomic E-state index is 12.6. The molecular formula is C22H31NO5. The zero-order valence-corrected chi connectivity index (χ0v) is 16.8. The van der Waals surface area contributed by atoms with Crippen LogP contribution < -0.4 is 0 Å². The lowest BCUT2D eigenvalue weighted by Gasteiger charge is -2.23. The van der Waals surface area contributed by atoms with Crippen LogP contribution in [0.3, 0.4) is 0 Å². The van der Waals surface area contributed by atoms with Gasteiger partial charge in [-0.25, -0.2) is 4.79 Å². The van der Waals surface area contributed by atoms with Crippen LogP contribution in [0, 0.1) is 0 Å². The summed E-state index contributed by atoms with van der Waals surface area (Å²) in [5.74, 6) is -0.466. The number of esters is 2. The van der Waals surface area contributed by atoms with Crippen LogP contribution in [0.2, 0.25) is 0 Å². The first-order chi connectivity index (χ1) is 13.5. The molecule has 2 aliphatic rings. The topological polar surface area (TPSA) is 76.1 Å². The molecule has 1 saturated heterocycles. The van der Waals surface area contributed by atoms with Crippen molar-refractivity contribution in [3.8, 4) is 0 Å². The highest BCUT2D eigenvalue weighted by molar-refractivity contribution is 5.77. The summed E-state index contributed by atoms with van der Waals surface area (Å²) < 4.78 is 10.6. The fourth-order valence-electron chi connectivity index (χ4n) is 4.34. The molecule has 3 atom stereocenters. The summed E-state index contributed by atoms with van der Waals surface area (Å²) in [5, 5.41) is 10.7. The first-order valence-corrected chi connectivity index (χ1v) is 10.4. The molecule has 6 nitrogen and oxygen atoms in total. The second kappa shape index (κ2) is 9.52. The van der Waals surface area contributed by atoms with Crippen LogP contribution in [-0.4, -0.2) is 53.8 Å². The maximum absolute atomic E-state index is 12.6. The number of hydrogen-bond donors (Lipinski definition) is 1. The zero-order valence-electron chi connectivity index (χ0n) is 16.8. The molecule has 3 unspecified atom stereocenters. The number of ether oxygens (including phenoxy) is 2. The summed E-state index contributed by atoms with van der Waals surface area (Å²) in [6.07, 6.45) is 3.63. The molecule has 154 valence electrons. The number of hydrogen-bond acceptors (Lipinski definition) is 6. The number of likely N-dealkylation sites (tertiary alicyclic amines) is 1. The van der Waals surface area contributed by atoms with Gasteiger partial charge in [-0.15, -0.1) is 0 Å². The number of aliphatic hydroxyl groups excluding tert-OH is 1. The van der Waals surface area contributed by atoms with Crippen molar-refractivity contribution in [3.63, 3.8) is 0 Å². The highest BCUT2D eigenvalue weighted by Gasteiger charge is 2.34. The van der Waals surface area contributed by atoms with Crippen LogP contribution in [0.15, 0.2) is 24.3 Å². The first-order valence-electron chi connectivity index (χ1n) is 10.4. The van der Waals surface area contributed by atoms with E-state index >= 15 is 0 Å². The molecule has 28 heavy (non-hydrogen) atoms. The van der Waals surface area contributed by atoms with Crippen LogP contribution >= 0.6 is 0 Å². The third kappa shape index (κ3) is 4.73. The minimum absolute atomic E-state index is 0.264. The Balaban J connectivity index is 1.59. The van der Waals surface area contributed by atoms with Gasteiger partial charge in [0, 0.05) is 13.1 Å². The monoisotopic (exact) mass is 389 g/mol. The van der Waals surface area contributed by atoms with Gasteiger partial charge in [-0.2, -0.15) is 0 Å². The molecule has 0 amide bonds. The molecular weight excluding hydrogens is 358 g/mol. The molecule has 1 aliphatic heterocycles. The van der Waals surface area contributed by atoms with Gasteiger partial charge in [-0.1, -0.05) is 37.1 Å². The fourth-order valence-corrected chi connectivity index (χ4v) is 4.34. The lowest BCUT2D eigenvalue weighted by molar-refractivity contribution is -0.159. The maximum Gasteiger partial charge on any atom is 0.339 e. The van der Waals surface area contributed by atoms with Crippen molar-refractivity contribution in [1.82, 2.24) is 4.90 Å². The summed E-state index contributed by atoms with van der Waals surface area (Å²) in [4.78, 5) is 26.5. The predicted molar refractivity (Wildman–Crippen MR) is 105 cm³/mol. The van der Waals surface area contributed by atoms with Gasteiger partial charge in [0.2, 0.25) is 0 Å². The first kappa shape index (κ1) is 20.8. The van der Waals surface area contributed by atoms with E-state index in [9.17, 15) is 14.7 Å². The van der Waals surface area contributed by atoms with Crippen molar-refractivity contribution in [2.45, 2.75) is 70.1 Å². The van der Waals surface area contributed by atoms with Crippen molar-refractivity contribution < 1.29 is 24.2 Å². The van der Waals surface area contributed by atoms with Crippen LogP contribution in [-0.2, 0) is 19.1 Å². The summed E-state index contributed by atoms with van der Waals surface area (Å²) in [6.45, 7) is 5.07. The molecule has 0 spiro atoms. The minimum Gasteiger partial charge on any atom is -0.465 e. The Morgan fingerprint density at radius 1 is 1.18 bits per heavy atom. The number of carbonyl (C=O) groups is 2. The zero-order chi connectivity index (χ0) is 20.1. The second-order valence-electron chi connectivity index (χ2n) is 7.78. The van der Waals surface area contributed by atoms with Crippen LogP contribution in [0.5, 0.6) is 0 Å². The molecule has 6 heteroatoms. The van der Waals surface area contributed by atoms with E-state index in [0.717, 1.165) is 18.4 Å². The van der Waals surface area contributed by atoms with E-state index < -0.39 is 12.1 Å². The second-order valence-corrected chi connectivity index (χ2v) is 7.78. The average molecular weight is 389 g/mol. The largest absolute Gasteiger partial charge is 0.465 e. The molecule has 1 aromatic rings. The number of rotatable bonds is 7. The van der Waals surface area contributed by atoms with E-state index in [2.05, 4.69) is 0 Å². The standard InChI is InChI=1S/C22H31NO5/c1-3-27-21(25)15(2)23-13-12-17(14-23)28-22(26)20(24)19-11-7-6-10-18(19)16-8-4-5-9-16/h6-7,10-11,15-17,20,24H,3-5,8-9,12-14H2,1-2H3. The van der Waals surface area contributed by atoms with Gasteiger partial charge in [-0.3, -0.25) is 9.69 Å². The SMILES string of the molecule is CCOC(=O)C(C)N1CCC(OC(=O)C(O)c2ccccc2C2CCCC2)C1. The Hall–Kier alpha value is -1.92. The van der Waals surface area contributed by atoms with Gasteiger partial charge in [0.15, 0.2) is 6.10 Å². The van der Waals surface area contributed by atoms with Crippen LogP contribution in [0.1, 0.15) is 69.1 Å². The van der Waals surface area contributed by atoms with E-state index in [1.807, 2.05) is 29.2 Å². The van der Waals surface area contributed by atoms with E-state index in [-0.39, 0.29) is 18.1 Å². The van der Waals surface area contributed by atoms with Crippen LogP contribution in [0.25, 0.3) is 0 Å². The number of benzene rings is 1. The molecule has 1 heterocycles. The Labute approximate surface area is 166 Å². The molecule has 2 fully saturated rings. The van der Waals surface area contributed by atoms with Crippen molar-refractivity contribution in [2.24, 2.45) is 0 Å². The fraction of sp³-hybridized carbons (Fsp3) is 0.636. The minimum atomic E-state index is -1.27. The summed E-state index contributed by atoms with van der Waals surface area (Å²) in [7, 11) is 0. The van der Waals surface area contributed by atoms with Gasteiger partial charge >= 0.3 is 11.9 Å². The van der Waals surface area contributed by atoms with Gasteiger partial charge in [0.05, 0.1) is 6.61 Å². The molecule has 1 aromatic carbocycles. The molecule has 1 aliphatic carbocycles. The Morgan fingerprint density at radius 3 is 2.61 bits per heavy atom. The van der Waals surface area contributed by atoms with Gasteiger partial charge in [0.1, 0.15) is 12.1 Å². The molecule has 1 N–H and O–H groups in total. The smallest absolute Gasteiger partial charge is 0.339 e. The molecule has 1 saturated carbocycles. The van der Waals surface area contributed by atoms with E-state index in [0.29, 0.717) is 37.6 Å². The summed E-state index contributed by atoms with van der Waals surface area (Å²) in [6, 6.07) is 7.28. The molecule has 0 radical (unpaired) electrons. The molecule has 0 aromatic heterocycles. The quantitative estimate of drug-likeness (QED) is 0.723. The Kier molecular flexibility index (Phi) is 7.08. The normalized spacial score (nSPS) is 22.8. The third-order valence-corrected chi connectivity index (χ3v) is 5.94. The Morgan fingerprint density at radius 2 is 1.89 bits per heavy atom. The summed E-state index contributed by atoms with van der Waals surface area (Å²) >= 11 is 0. The van der Waals surface area contributed by atoms with Crippen molar-refractivity contribution >= 4 is 11.9 Å². The lowest BCUT2D eigenvalue weighted by Crippen LogP contribution is -2.39. The van der Waals surface area contributed by atoms with Crippen LogP contribution in [0.4, 0.5) is 0 Å². The van der Waals surface area contributed by atoms with Crippen molar-refractivity contribution in [2.75, 3.05) is 19.7 Å². The number of carbonyl (C=O) groups excluding carboxylic acids is 2. The van der Waals surface area contributed by atoms with Gasteiger partial charge in [0.25, 0.3) is 0 Å². The highest BCUT2D eigenvalue weighted by atomic mass is 16.6. The molecule has 3 rings (SSSR count). The van der Waals surface area contributed by atoms with Crippen molar-refractivity contribution in [1.29, 1.82) is 0 Å². The summed E-state index contributed by atoms with van der Waals surface area (Å²) in [5.41, 5.74) is 1.72. The van der Waals surface area contributed by atoms with Gasteiger partial charge < -0.3 is 14.6 Å². The third-order valence-electron chi connectivity index (χ3n) is 5.94. The van der Waals surface area contributed by atoms with E-state index in [1.165, 1.54) is 12.8 Å².